The first-order valence-electron chi connectivity index (χ1n) is 17.3. The molecule has 0 aliphatic rings. The van der Waals surface area contributed by atoms with E-state index in [1.54, 1.807) is 6.07 Å². The topological polar surface area (TPSA) is 27.7 Å². The van der Waals surface area contributed by atoms with Gasteiger partial charge in [0.25, 0.3) is 0 Å². The van der Waals surface area contributed by atoms with Gasteiger partial charge in [0.05, 0.1) is 60.1 Å². The third-order valence-electron chi connectivity index (χ3n) is 8.38. The molecular weight excluding hydrogens is 985 g/mol. The van der Waals surface area contributed by atoms with Gasteiger partial charge in [0.1, 0.15) is 23.3 Å². The maximum absolute atomic E-state index is 14.4. The molecule has 1 atom stereocenters. The highest BCUT2D eigenvalue weighted by molar-refractivity contribution is 6.39. The van der Waals surface area contributed by atoms with Crippen molar-refractivity contribution in [2.75, 3.05) is 21.1 Å². The standard InChI is InChI=1S/C30H21BF18NO3.C8H3F6/c1-5-22(50(2,3)4)24-21(30(47,48)49)12-18(29(44,45)46)13-23(24)53-31(51-19-8-14(25(32,33)34)6-15(9-19)26(35,36)37)52-20-10-16(27(38,39)40)7-17(11-20)28(41,42)43;9-7(10,11)5-2-1-3-6(4-5)8(12,13)14/h5-13,22H,1H2,2-4H3;2-4H/q+1;-1. The largest absolute Gasteiger partial charge is 0.864 e. The van der Waals surface area contributed by atoms with Gasteiger partial charge in [-0.3, -0.25) is 0 Å². The average molecular weight is 1010 g/mol. The molecule has 0 aliphatic carbocycles. The summed E-state index contributed by atoms with van der Waals surface area (Å²) < 4.78 is 334. The minimum atomic E-state index is -5.67. The Morgan fingerprint density at radius 3 is 1.00 bits per heavy atom. The third-order valence-corrected chi connectivity index (χ3v) is 8.38. The molecule has 0 aliphatic heterocycles. The molecule has 29 heteroatoms. The first kappa shape index (κ1) is 55.7. The Hall–Kier alpha value is -5.64. The fraction of sp³-hybridized carbons (Fsp3) is 0.316. The normalized spacial score (nSPS) is 13.9. The second-order valence-corrected chi connectivity index (χ2v) is 14.4. The van der Waals surface area contributed by atoms with E-state index in [1.165, 1.54) is 21.1 Å². The monoisotopic (exact) mass is 1010 g/mol. The van der Waals surface area contributed by atoms with Crippen molar-refractivity contribution in [1.82, 2.24) is 0 Å². The molecule has 67 heavy (non-hydrogen) atoms. The van der Waals surface area contributed by atoms with Crippen molar-refractivity contribution in [2.24, 2.45) is 0 Å². The van der Waals surface area contributed by atoms with Crippen molar-refractivity contribution in [2.45, 2.75) is 55.5 Å². The minimum absolute atomic E-state index is 0.0521. The molecule has 1 unspecified atom stereocenters. The van der Waals surface area contributed by atoms with Gasteiger partial charge in [0, 0.05) is 0 Å². The van der Waals surface area contributed by atoms with Crippen LogP contribution in [0.15, 0.2) is 79.4 Å². The van der Waals surface area contributed by atoms with Gasteiger partial charge in [0.15, 0.2) is 0 Å². The number of hydrogen-bond acceptors (Lipinski definition) is 3. The molecule has 4 nitrogen and oxygen atoms in total. The first-order valence-corrected chi connectivity index (χ1v) is 17.3. The lowest BCUT2D eigenvalue weighted by molar-refractivity contribution is -0.895. The summed E-state index contributed by atoms with van der Waals surface area (Å²) in [5, 5.41) is 0. The smallest absolute Gasteiger partial charge is 0.490 e. The average Bonchev–Trinajstić information content (AvgIpc) is 3.12. The van der Waals surface area contributed by atoms with E-state index in [0.717, 1.165) is 6.08 Å². The lowest BCUT2D eigenvalue weighted by atomic mass is 9.93. The summed E-state index contributed by atoms with van der Waals surface area (Å²) >= 11 is 0. The van der Waals surface area contributed by atoms with Crippen molar-refractivity contribution in [3.05, 3.63) is 136 Å². The van der Waals surface area contributed by atoms with Gasteiger partial charge >= 0.3 is 56.7 Å². The van der Waals surface area contributed by atoms with Gasteiger partial charge < -0.3 is 18.4 Å². The van der Waals surface area contributed by atoms with Crippen LogP contribution in [0.3, 0.4) is 0 Å². The molecule has 370 valence electrons. The molecule has 0 N–H and O–H groups in total. The highest BCUT2D eigenvalue weighted by atomic mass is 19.4. The lowest BCUT2D eigenvalue weighted by Crippen LogP contribution is -2.41. The number of likely N-dealkylation sites (N-methyl/N-ethyl adjacent to an activating group) is 1. The predicted molar refractivity (Wildman–Crippen MR) is 183 cm³/mol. The van der Waals surface area contributed by atoms with E-state index in [1.807, 2.05) is 0 Å². The molecule has 0 aromatic heterocycles. The molecule has 0 amide bonds. The molecule has 0 saturated heterocycles. The summed E-state index contributed by atoms with van der Waals surface area (Å²) in [5.74, 6) is -4.81. The van der Waals surface area contributed by atoms with E-state index in [2.05, 4.69) is 6.58 Å². The van der Waals surface area contributed by atoms with Gasteiger partial charge in [0.2, 0.25) is 0 Å². The van der Waals surface area contributed by atoms with Crippen LogP contribution in [0.2, 0.25) is 0 Å². The number of alkyl halides is 24. The molecule has 4 rings (SSSR count). The Morgan fingerprint density at radius 1 is 0.433 bits per heavy atom. The Kier molecular flexibility index (Phi) is 15.6. The van der Waals surface area contributed by atoms with Crippen molar-refractivity contribution in [3.8, 4) is 17.2 Å². The lowest BCUT2D eigenvalue weighted by Gasteiger charge is -2.35. The minimum Gasteiger partial charge on any atom is -0.490 e. The Morgan fingerprint density at radius 2 is 0.731 bits per heavy atom. The zero-order valence-corrected chi connectivity index (χ0v) is 33.0. The SMILES string of the molecule is C=CC(c1c(OB(Oc2cc(C(F)(F)F)cc(C(F)(F)F)c2)Oc2cc(C(F)(F)F)cc(C(F)(F)F)c2)cc(C(F)(F)F)cc1C(F)(F)F)[N+](C)(C)C.FC(F)(F)c1c[c-]cc(C(F)(F)F)c1. The van der Waals surface area contributed by atoms with Crippen LogP contribution in [-0.4, -0.2) is 32.9 Å². The fourth-order valence-electron chi connectivity index (χ4n) is 5.44. The molecule has 0 fully saturated rings. The van der Waals surface area contributed by atoms with E-state index in [-0.39, 0.29) is 42.5 Å². The zero-order chi connectivity index (χ0) is 51.9. The molecule has 0 bridgehead atoms. The number of quaternary nitrogens is 1. The summed E-state index contributed by atoms with van der Waals surface area (Å²) in [6.07, 6.45) is -42.4. The highest BCUT2D eigenvalue weighted by Gasteiger charge is 2.47. The van der Waals surface area contributed by atoms with Crippen molar-refractivity contribution >= 4 is 7.32 Å². The highest BCUT2D eigenvalue weighted by Crippen LogP contribution is 2.47. The predicted octanol–water partition coefficient (Wildman–Crippen LogP) is 14.8. The van der Waals surface area contributed by atoms with E-state index >= 15 is 0 Å². The molecule has 4 aromatic carbocycles. The van der Waals surface area contributed by atoms with Crippen LogP contribution < -0.4 is 14.0 Å². The summed E-state index contributed by atoms with van der Waals surface area (Å²) in [6, 6.07) is -1.15. The first-order chi connectivity index (χ1) is 29.8. The van der Waals surface area contributed by atoms with Gasteiger partial charge in [-0.2, -0.15) is 124 Å². The number of hydrogen-bond donors (Lipinski definition) is 0. The molecule has 0 saturated carbocycles. The van der Waals surface area contributed by atoms with E-state index in [0.29, 0.717) is 12.1 Å². The second kappa shape index (κ2) is 18.8. The maximum atomic E-state index is 14.4. The maximum Gasteiger partial charge on any atom is 0.864 e. The quantitative estimate of drug-likeness (QED) is 0.0550. The van der Waals surface area contributed by atoms with Gasteiger partial charge in [-0.25, -0.2) is 0 Å². The summed E-state index contributed by atoms with van der Waals surface area (Å²) in [5.41, 5.74) is -16.6. The van der Waals surface area contributed by atoms with Crippen LogP contribution >= 0.6 is 0 Å². The van der Waals surface area contributed by atoms with Crippen LogP contribution in [-0.2, 0) is 49.4 Å². The van der Waals surface area contributed by atoms with Gasteiger partial charge in [-0.05, 0) is 54.6 Å². The molecule has 0 spiro atoms. The van der Waals surface area contributed by atoms with E-state index in [9.17, 15) is 105 Å². The number of halogens is 24. The molecule has 4 aromatic rings. The van der Waals surface area contributed by atoms with Crippen molar-refractivity contribution in [3.63, 3.8) is 0 Å². The zero-order valence-electron chi connectivity index (χ0n) is 33.0. The number of nitrogens with zero attached hydrogens (tertiary/aromatic N) is 1. The van der Waals surface area contributed by atoms with Gasteiger partial charge in [-0.15, -0.1) is 6.07 Å². The second-order valence-electron chi connectivity index (χ2n) is 14.4. The summed E-state index contributed by atoms with van der Waals surface area (Å²) in [4.78, 5) is 0. The molecular formula is C38H24BF24NO3. The van der Waals surface area contributed by atoms with E-state index in [4.69, 9.17) is 14.0 Å². The summed E-state index contributed by atoms with van der Waals surface area (Å²) in [6.45, 7) is 3.34. The Bertz CT molecular complexity index is 2190. The van der Waals surface area contributed by atoms with Crippen molar-refractivity contribution in [1.29, 1.82) is 0 Å². The Labute approximate surface area is 360 Å². The number of benzene rings is 4. The fourth-order valence-corrected chi connectivity index (χ4v) is 5.44. The van der Waals surface area contributed by atoms with Crippen LogP contribution in [0.25, 0.3) is 0 Å². The van der Waals surface area contributed by atoms with Crippen LogP contribution in [0.4, 0.5) is 105 Å². The Balaban J connectivity index is 0.000000723. The molecule has 0 radical (unpaired) electrons. The summed E-state index contributed by atoms with van der Waals surface area (Å²) in [7, 11) is 0.286. The van der Waals surface area contributed by atoms with Gasteiger partial charge in [-0.1, -0.05) is 17.7 Å². The third kappa shape index (κ3) is 15.2. The molecule has 0 heterocycles. The van der Waals surface area contributed by atoms with Crippen LogP contribution in [0.5, 0.6) is 17.2 Å². The number of rotatable bonds is 9. The van der Waals surface area contributed by atoms with Crippen LogP contribution in [0, 0.1) is 6.07 Å². The van der Waals surface area contributed by atoms with Crippen LogP contribution in [0.1, 0.15) is 56.1 Å². The van der Waals surface area contributed by atoms with E-state index < -0.39 is 147 Å². The van der Waals surface area contributed by atoms with Crippen molar-refractivity contribution < 1.29 is 124 Å².